The first-order chi connectivity index (χ1) is 9.02. The number of hydrogen-bond acceptors (Lipinski definition) is 3. The molecule has 3 N–H and O–H groups in total. The molecule has 0 spiro atoms. The standard InChI is InChI=1S/C15H24N2OS/c1-11(2)10-14(16)15(18)17-9-8-12-4-6-13(19-3)7-5-12/h4-7,11,14H,8-10,16H2,1-3H3,(H,17,18)/t14-/m0/s1. The fourth-order valence-electron chi connectivity index (χ4n) is 1.87. The van der Waals surface area contributed by atoms with Gasteiger partial charge in [-0.2, -0.15) is 0 Å². The number of thioether (sulfide) groups is 1. The molecule has 106 valence electrons. The first-order valence-corrected chi connectivity index (χ1v) is 7.91. The summed E-state index contributed by atoms with van der Waals surface area (Å²) in [6.45, 7) is 4.78. The van der Waals surface area contributed by atoms with Crippen molar-refractivity contribution in [1.82, 2.24) is 5.32 Å². The quantitative estimate of drug-likeness (QED) is 0.754. The molecule has 3 nitrogen and oxygen atoms in total. The van der Waals surface area contributed by atoms with E-state index in [1.165, 1.54) is 10.5 Å². The first kappa shape index (κ1) is 16.1. The van der Waals surface area contributed by atoms with E-state index >= 15 is 0 Å². The fraction of sp³-hybridized carbons (Fsp3) is 0.533. The highest BCUT2D eigenvalue weighted by atomic mass is 32.2. The summed E-state index contributed by atoms with van der Waals surface area (Å²) in [5, 5.41) is 2.90. The third kappa shape index (κ3) is 6.12. The molecule has 0 saturated heterocycles. The van der Waals surface area contributed by atoms with E-state index in [4.69, 9.17) is 5.73 Å². The maximum Gasteiger partial charge on any atom is 0.236 e. The molecule has 1 amide bonds. The van der Waals surface area contributed by atoms with E-state index in [0.717, 1.165) is 12.8 Å². The third-order valence-electron chi connectivity index (χ3n) is 2.93. The lowest BCUT2D eigenvalue weighted by atomic mass is 10.0. The average Bonchev–Trinajstić information content (AvgIpc) is 2.38. The van der Waals surface area contributed by atoms with Gasteiger partial charge >= 0.3 is 0 Å². The molecule has 1 rings (SSSR count). The summed E-state index contributed by atoms with van der Waals surface area (Å²) >= 11 is 1.73. The molecular weight excluding hydrogens is 256 g/mol. The Morgan fingerprint density at radius 2 is 1.95 bits per heavy atom. The lowest BCUT2D eigenvalue weighted by Crippen LogP contribution is -2.42. The van der Waals surface area contributed by atoms with Gasteiger partial charge in [0.1, 0.15) is 0 Å². The molecule has 19 heavy (non-hydrogen) atoms. The second-order valence-electron chi connectivity index (χ2n) is 5.13. The Labute approximate surface area is 120 Å². The number of nitrogens with two attached hydrogens (primary N) is 1. The summed E-state index contributed by atoms with van der Waals surface area (Å²) in [4.78, 5) is 13.0. The number of amides is 1. The number of nitrogens with one attached hydrogen (secondary N) is 1. The Morgan fingerprint density at radius 3 is 2.47 bits per heavy atom. The lowest BCUT2D eigenvalue weighted by molar-refractivity contribution is -0.122. The van der Waals surface area contributed by atoms with E-state index in [9.17, 15) is 4.79 Å². The molecule has 1 aromatic carbocycles. The minimum atomic E-state index is -0.390. The van der Waals surface area contributed by atoms with Crippen molar-refractivity contribution in [2.75, 3.05) is 12.8 Å². The molecule has 1 atom stereocenters. The zero-order chi connectivity index (χ0) is 14.3. The van der Waals surface area contributed by atoms with Gasteiger partial charge in [-0.05, 0) is 42.7 Å². The van der Waals surface area contributed by atoms with Gasteiger partial charge in [0.05, 0.1) is 6.04 Å². The molecule has 4 heteroatoms. The highest BCUT2D eigenvalue weighted by Crippen LogP contribution is 2.14. The summed E-state index contributed by atoms with van der Waals surface area (Å²) in [7, 11) is 0. The highest BCUT2D eigenvalue weighted by molar-refractivity contribution is 7.98. The molecule has 1 aromatic rings. The van der Waals surface area contributed by atoms with E-state index in [1.807, 2.05) is 0 Å². The molecular formula is C15H24N2OS. The SMILES string of the molecule is CSc1ccc(CCNC(=O)[C@@H](N)CC(C)C)cc1. The maximum atomic E-state index is 11.7. The molecule has 0 bridgehead atoms. The fourth-order valence-corrected chi connectivity index (χ4v) is 2.28. The Hall–Kier alpha value is -1.00. The van der Waals surface area contributed by atoms with Crippen LogP contribution in [-0.2, 0) is 11.2 Å². The van der Waals surface area contributed by atoms with Crippen LogP contribution >= 0.6 is 11.8 Å². The van der Waals surface area contributed by atoms with Crippen LogP contribution in [0, 0.1) is 5.92 Å². The molecule has 0 aliphatic rings. The highest BCUT2D eigenvalue weighted by Gasteiger charge is 2.13. The van der Waals surface area contributed by atoms with Crippen LogP contribution in [0.5, 0.6) is 0 Å². The molecule has 0 aliphatic carbocycles. The van der Waals surface area contributed by atoms with Crippen LogP contribution in [-0.4, -0.2) is 24.7 Å². The molecule has 0 aliphatic heterocycles. The minimum absolute atomic E-state index is 0.0468. The van der Waals surface area contributed by atoms with Crippen LogP contribution < -0.4 is 11.1 Å². The van der Waals surface area contributed by atoms with Crippen molar-refractivity contribution in [3.8, 4) is 0 Å². The zero-order valence-corrected chi connectivity index (χ0v) is 12.8. The molecule has 0 aromatic heterocycles. The third-order valence-corrected chi connectivity index (χ3v) is 3.68. The number of carbonyl (C=O) groups is 1. The first-order valence-electron chi connectivity index (χ1n) is 6.69. The Bertz CT molecular complexity index is 390. The van der Waals surface area contributed by atoms with Crippen LogP contribution in [0.15, 0.2) is 29.2 Å². The summed E-state index contributed by atoms with van der Waals surface area (Å²) in [5.41, 5.74) is 7.05. The molecule has 0 radical (unpaired) electrons. The van der Waals surface area contributed by atoms with Crippen molar-refractivity contribution < 1.29 is 4.79 Å². The largest absolute Gasteiger partial charge is 0.354 e. The van der Waals surface area contributed by atoms with Gasteiger partial charge in [-0.1, -0.05) is 26.0 Å². The summed E-state index contributed by atoms with van der Waals surface area (Å²) in [5.74, 6) is 0.397. The van der Waals surface area contributed by atoms with Crippen LogP contribution in [0.3, 0.4) is 0 Å². The lowest BCUT2D eigenvalue weighted by Gasteiger charge is -2.14. The summed E-state index contributed by atoms with van der Waals surface area (Å²) in [6, 6.07) is 8.02. The van der Waals surface area contributed by atoms with E-state index in [2.05, 4.69) is 49.7 Å². The molecule has 0 fully saturated rings. The van der Waals surface area contributed by atoms with E-state index < -0.39 is 0 Å². The monoisotopic (exact) mass is 280 g/mol. The van der Waals surface area contributed by atoms with Gasteiger partial charge in [-0.15, -0.1) is 11.8 Å². The average molecular weight is 280 g/mol. The normalized spacial score (nSPS) is 12.5. The van der Waals surface area contributed by atoms with Gasteiger partial charge in [-0.25, -0.2) is 0 Å². The topological polar surface area (TPSA) is 55.1 Å². The second kappa shape index (κ2) is 8.23. The predicted octanol–water partition coefficient (Wildman–Crippen LogP) is 2.44. The smallest absolute Gasteiger partial charge is 0.236 e. The molecule has 0 unspecified atom stereocenters. The number of hydrogen-bond donors (Lipinski definition) is 2. The Balaban J connectivity index is 2.31. The Morgan fingerprint density at radius 1 is 1.32 bits per heavy atom. The number of benzene rings is 1. The van der Waals surface area contributed by atoms with Crippen molar-refractivity contribution in [2.45, 2.75) is 37.6 Å². The van der Waals surface area contributed by atoms with E-state index in [0.29, 0.717) is 12.5 Å². The summed E-state index contributed by atoms with van der Waals surface area (Å²) in [6.07, 6.45) is 3.63. The van der Waals surface area contributed by atoms with Crippen molar-refractivity contribution in [3.63, 3.8) is 0 Å². The molecule has 0 saturated carbocycles. The van der Waals surface area contributed by atoms with Gasteiger partial charge < -0.3 is 11.1 Å². The van der Waals surface area contributed by atoms with Crippen molar-refractivity contribution in [1.29, 1.82) is 0 Å². The predicted molar refractivity (Wildman–Crippen MR) is 82.4 cm³/mol. The Kier molecular flexibility index (Phi) is 6.95. The zero-order valence-electron chi connectivity index (χ0n) is 12.0. The van der Waals surface area contributed by atoms with Gasteiger partial charge in [0.15, 0.2) is 0 Å². The van der Waals surface area contributed by atoms with Crippen molar-refractivity contribution in [3.05, 3.63) is 29.8 Å². The number of rotatable bonds is 7. The van der Waals surface area contributed by atoms with Crippen LogP contribution in [0.25, 0.3) is 0 Å². The minimum Gasteiger partial charge on any atom is -0.354 e. The van der Waals surface area contributed by atoms with E-state index in [1.54, 1.807) is 11.8 Å². The maximum absolute atomic E-state index is 11.7. The van der Waals surface area contributed by atoms with Gasteiger partial charge in [-0.3, -0.25) is 4.79 Å². The van der Waals surface area contributed by atoms with Crippen molar-refractivity contribution >= 4 is 17.7 Å². The van der Waals surface area contributed by atoms with Gasteiger partial charge in [0, 0.05) is 11.4 Å². The van der Waals surface area contributed by atoms with Crippen LogP contribution in [0.1, 0.15) is 25.8 Å². The van der Waals surface area contributed by atoms with Crippen molar-refractivity contribution in [2.24, 2.45) is 11.7 Å². The van der Waals surface area contributed by atoms with Crippen LogP contribution in [0.4, 0.5) is 0 Å². The van der Waals surface area contributed by atoms with Crippen LogP contribution in [0.2, 0.25) is 0 Å². The molecule has 0 heterocycles. The van der Waals surface area contributed by atoms with Gasteiger partial charge in [0.25, 0.3) is 0 Å². The number of carbonyl (C=O) groups excluding carboxylic acids is 1. The van der Waals surface area contributed by atoms with E-state index in [-0.39, 0.29) is 11.9 Å². The van der Waals surface area contributed by atoms with Gasteiger partial charge in [0.2, 0.25) is 5.91 Å². The second-order valence-corrected chi connectivity index (χ2v) is 6.00. The summed E-state index contributed by atoms with van der Waals surface area (Å²) < 4.78 is 0.